The summed E-state index contributed by atoms with van der Waals surface area (Å²) in [4.78, 5) is 7.47. The Morgan fingerprint density at radius 1 is 1.60 bits per heavy atom. The topological polar surface area (TPSA) is 46.0 Å². The third-order valence-electron chi connectivity index (χ3n) is 1.74. The number of nitrogens with zero attached hydrogens (tertiary/aromatic N) is 2. The average Bonchev–Trinajstić information content (AvgIpc) is 2.72. The quantitative estimate of drug-likeness (QED) is 0.600. The average molecular weight is 135 g/mol. The van der Waals surface area contributed by atoms with Crippen molar-refractivity contribution in [1.82, 2.24) is 9.97 Å². The van der Waals surface area contributed by atoms with E-state index in [1.165, 1.54) is 0 Å². The molecule has 0 spiro atoms. The molecule has 1 aliphatic carbocycles. The highest BCUT2D eigenvalue weighted by Crippen LogP contribution is 2.43. The van der Waals surface area contributed by atoms with E-state index in [2.05, 4.69) is 16.3 Å². The molecule has 0 aliphatic heterocycles. The van der Waals surface area contributed by atoms with Crippen molar-refractivity contribution in [3.05, 3.63) is 24.3 Å². The highest BCUT2D eigenvalue weighted by molar-refractivity contribution is 5.16. The predicted molar refractivity (Wildman–Crippen MR) is 34.0 cm³/mol. The van der Waals surface area contributed by atoms with E-state index in [1.54, 1.807) is 12.3 Å². The molecule has 0 unspecified atom stereocenters. The second kappa shape index (κ2) is 1.76. The van der Waals surface area contributed by atoms with E-state index in [4.69, 9.17) is 0 Å². The number of rotatable bonds is 1. The molecule has 51 valence electrons. The van der Waals surface area contributed by atoms with Crippen molar-refractivity contribution in [3.8, 4) is 0 Å². The van der Waals surface area contributed by atoms with Crippen LogP contribution in [0.25, 0.3) is 0 Å². The number of hydrogen-bond donors (Lipinski definition) is 1. The highest BCUT2D eigenvalue weighted by atomic mass is 16.3. The van der Waals surface area contributed by atoms with Crippen LogP contribution in [-0.4, -0.2) is 15.1 Å². The van der Waals surface area contributed by atoms with E-state index in [9.17, 15) is 5.11 Å². The van der Waals surface area contributed by atoms with E-state index < -0.39 is 5.60 Å². The maximum absolute atomic E-state index is 9.49. The zero-order chi connectivity index (χ0) is 7.03. The maximum Gasteiger partial charge on any atom is 0.198 e. The van der Waals surface area contributed by atoms with Crippen LogP contribution in [0.5, 0.6) is 0 Å². The molecule has 0 amide bonds. The van der Waals surface area contributed by atoms with Gasteiger partial charge in [0, 0.05) is 6.20 Å². The molecule has 1 aromatic heterocycles. The Balaban J connectivity index is 2.35. The summed E-state index contributed by atoms with van der Waals surface area (Å²) in [5, 5.41) is 9.49. The molecule has 1 heterocycles. The lowest BCUT2D eigenvalue weighted by Gasteiger charge is -2.02. The summed E-state index contributed by atoms with van der Waals surface area (Å²) in [6.45, 7) is 0. The first-order valence-electron chi connectivity index (χ1n) is 3.23. The molecule has 1 fully saturated rings. The summed E-state index contributed by atoms with van der Waals surface area (Å²) < 4.78 is 0. The molecule has 0 bridgehead atoms. The first kappa shape index (κ1) is 5.80. The Bertz CT molecular complexity index is 231. The third-order valence-corrected chi connectivity index (χ3v) is 1.74. The van der Waals surface area contributed by atoms with Crippen LogP contribution in [0.2, 0.25) is 0 Å². The van der Waals surface area contributed by atoms with Crippen molar-refractivity contribution in [3.63, 3.8) is 0 Å². The van der Waals surface area contributed by atoms with Gasteiger partial charge in [0.25, 0.3) is 0 Å². The van der Waals surface area contributed by atoms with Gasteiger partial charge >= 0.3 is 0 Å². The standard InChI is InChI=1S/C7H7N2O/c10-7(2-3-7)6-1-4-8-5-9-6/h1,4,10H,2-3H2. The van der Waals surface area contributed by atoms with Gasteiger partial charge in [-0.2, -0.15) is 0 Å². The van der Waals surface area contributed by atoms with Gasteiger partial charge in [0.1, 0.15) is 5.60 Å². The minimum absolute atomic E-state index is 0.639. The minimum atomic E-state index is -0.639. The van der Waals surface area contributed by atoms with Crippen molar-refractivity contribution in [1.29, 1.82) is 0 Å². The molecule has 1 radical (unpaired) electrons. The van der Waals surface area contributed by atoms with Crippen LogP contribution in [0.1, 0.15) is 18.5 Å². The van der Waals surface area contributed by atoms with Gasteiger partial charge in [-0.1, -0.05) is 0 Å². The summed E-state index contributed by atoms with van der Waals surface area (Å²) in [6, 6.07) is 1.73. The largest absolute Gasteiger partial charge is 0.384 e. The van der Waals surface area contributed by atoms with Gasteiger partial charge in [-0.3, -0.25) is 0 Å². The van der Waals surface area contributed by atoms with Crippen LogP contribution >= 0.6 is 0 Å². The molecule has 3 heteroatoms. The monoisotopic (exact) mass is 135 g/mol. The lowest BCUT2D eigenvalue weighted by atomic mass is 10.2. The highest BCUT2D eigenvalue weighted by Gasteiger charge is 2.43. The Kier molecular flexibility index (Phi) is 1.02. The zero-order valence-electron chi connectivity index (χ0n) is 5.41. The summed E-state index contributed by atoms with van der Waals surface area (Å²) in [7, 11) is 0. The lowest BCUT2D eigenvalue weighted by molar-refractivity contribution is 0.146. The number of aromatic nitrogens is 2. The van der Waals surface area contributed by atoms with Gasteiger partial charge < -0.3 is 5.11 Å². The molecule has 1 saturated carbocycles. The van der Waals surface area contributed by atoms with Crippen LogP contribution in [0.3, 0.4) is 0 Å². The Hall–Kier alpha value is -0.960. The molecule has 0 atom stereocenters. The normalized spacial score (nSPS) is 20.5. The van der Waals surface area contributed by atoms with E-state index in [0.717, 1.165) is 12.8 Å². The number of aliphatic hydroxyl groups is 1. The van der Waals surface area contributed by atoms with Gasteiger partial charge in [0.05, 0.1) is 5.69 Å². The zero-order valence-corrected chi connectivity index (χ0v) is 5.41. The molecule has 0 aromatic carbocycles. The van der Waals surface area contributed by atoms with Crippen molar-refractivity contribution in [2.75, 3.05) is 0 Å². The van der Waals surface area contributed by atoms with Crippen molar-refractivity contribution in [2.24, 2.45) is 0 Å². The SMILES string of the molecule is OC1(c2ccn[c]n2)CC1. The van der Waals surface area contributed by atoms with E-state index in [1.807, 2.05) is 0 Å². The molecular formula is C7H7N2O. The Labute approximate surface area is 58.8 Å². The molecule has 1 aliphatic rings. The van der Waals surface area contributed by atoms with E-state index in [0.29, 0.717) is 5.69 Å². The fourth-order valence-electron chi connectivity index (χ4n) is 0.895. The van der Waals surface area contributed by atoms with Gasteiger partial charge in [-0.25, -0.2) is 9.97 Å². The smallest absolute Gasteiger partial charge is 0.198 e. The number of hydrogen-bond acceptors (Lipinski definition) is 3. The van der Waals surface area contributed by atoms with Crippen molar-refractivity contribution < 1.29 is 5.11 Å². The van der Waals surface area contributed by atoms with Crippen LogP contribution < -0.4 is 0 Å². The molecular weight excluding hydrogens is 128 g/mol. The molecule has 1 N–H and O–H groups in total. The van der Waals surface area contributed by atoms with Crippen LogP contribution in [0, 0.1) is 6.33 Å². The van der Waals surface area contributed by atoms with Crippen LogP contribution in [-0.2, 0) is 5.60 Å². The predicted octanol–water partition coefficient (Wildman–Crippen LogP) is 0.258. The Morgan fingerprint density at radius 2 is 2.40 bits per heavy atom. The molecule has 0 saturated heterocycles. The third kappa shape index (κ3) is 0.789. The van der Waals surface area contributed by atoms with Crippen LogP contribution in [0.15, 0.2) is 12.3 Å². The summed E-state index contributed by atoms with van der Waals surface area (Å²) in [5.41, 5.74) is 0.0573. The fraction of sp³-hybridized carbons (Fsp3) is 0.429. The fourth-order valence-corrected chi connectivity index (χ4v) is 0.895. The minimum Gasteiger partial charge on any atom is -0.384 e. The second-order valence-electron chi connectivity index (χ2n) is 2.57. The van der Waals surface area contributed by atoms with Crippen molar-refractivity contribution in [2.45, 2.75) is 18.4 Å². The molecule has 2 rings (SSSR count). The summed E-state index contributed by atoms with van der Waals surface area (Å²) in [5.74, 6) is 0. The molecule has 1 aromatic rings. The van der Waals surface area contributed by atoms with E-state index in [-0.39, 0.29) is 0 Å². The van der Waals surface area contributed by atoms with Crippen LogP contribution in [0.4, 0.5) is 0 Å². The van der Waals surface area contributed by atoms with Gasteiger partial charge in [-0.05, 0) is 18.9 Å². The van der Waals surface area contributed by atoms with E-state index >= 15 is 0 Å². The second-order valence-corrected chi connectivity index (χ2v) is 2.57. The lowest BCUT2D eigenvalue weighted by Crippen LogP contribution is -2.06. The molecule has 3 nitrogen and oxygen atoms in total. The first-order chi connectivity index (χ1) is 4.81. The Morgan fingerprint density at radius 3 is 2.90 bits per heavy atom. The van der Waals surface area contributed by atoms with Gasteiger partial charge in [-0.15, -0.1) is 0 Å². The summed E-state index contributed by atoms with van der Waals surface area (Å²) >= 11 is 0. The summed E-state index contributed by atoms with van der Waals surface area (Å²) in [6.07, 6.45) is 5.68. The van der Waals surface area contributed by atoms with Crippen molar-refractivity contribution >= 4 is 0 Å². The molecule has 10 heavy (non-hydrogen) atoms. The maximum atomic E-state index is 9.49. The van der Waals surface area contributed by atoms with Gasteiger partial charge in [0.2, 0.25) is 0 Å². The van der Waals surface area contributed by atoms with Gasteiger partial charge in [0.15, 0.2) is 6.33 Å². The first-order valence-corrected chi connectivity index (χ1v) is 3.23.